The second kappa shape index (κ2) is 18.7. The number of aromatic nitrogens is 2. The van der Waals surface area contributed by atoms with Crippen molar-refractivity contribution in [2.24, 2.45) is 20.5 Å². The maximum absolute atomic E-state index is 14.8. The van der Waals surface area contributed by atoms with Gasteiger partial charge in [0, 0.05) is 70.9 Å². The number of aromatic hydroxyl groups is 2. The van der Waals surface area contributed by atoms with Crippen molar-refractivity contribution >= 4 is 134 Å². The van der Waals surface area contributed by atoms with Crippen LogP contribution in [0.5, 0.6) is 11.5 Å². The number of nitrogens with one attached hydrogen (secondary N) is 3. The van der Waals surface area contributed by atoms with Crippen molar-refractivity contribution in [3.63, 3.8) is 0 Å². The highest BCUT2D eigenvalue weighted by molar-refractivity contribution is 6.28. The highest BCUT2D eigenvalue weighted by atomic mass is 16.3. The number of azo groups is 2. The van der Waals surface area contributed by atoms with Crippen LogP contribution in [-0.4, -0.2) is 38.3 Å². The summed E-state index contributed by atoms with van der Waals surface area (Å²) in [5, 5.41) is 54.5. The SMILES string of the molecule is CCc1ccccc1NC(=O)c1cc2ccc3c4ccccc4[nH]c3c2c(N=Nc2ccc3c4c(cccc24)C(=O)c2cc(N=Nc4c(O)c(N(C=O)c5ccccc5CC)cc5ccc6c7ccccc7[nH]c6c45)ccc2-3)c1O. The van der Waals surface area contributed by atoms with Crippen molar-refractivity contribution in [3.8, 4) is 22.6 Å². The predicted octanol–water partition coefficient (Wildman–Crippen LogP) is 17.5. The van der Waals surface area contributed by atoms with Gasteiger partial charge in [-0.2, -0.15) is 5.11 Å². The van der Waals surface area contributed by atoms with Crippen LogP contribution in [0.4, 0.5) is 39.8 Å². The molecule has 0 spiro atoms. The number of para-hydroxylation sites is 4. The highest BCUT2D eigenvalue weighted by Crippen LogP contribution is 2.50. The molecule has 2 amide bonds. The number of aryl methyl sites for hydroxylation is 2. The van der Waals surface area contributed by atoms with Gasteiger partial charge in [-0.05, 0) is 100 Å². The van der Waals surface area contributed by atoms with Crippen molar-refractivity contribution in [2.45, 2.75) is 26.7 Å². The smallest absolute Gasteiger partial charge is 0.259 e. The third-order valence-corrected chi connectivity index (χ3v) is 15.7. The molecule has 1 aliphatic rings. The number of ketones is 1. The molecular formula is C67H46N8O5. The molecule has 0 bridgehead atoms. The number of anilines is 3. The van der Waals surface area contributed by atoms with Gasteiger partial charge in [-0.3, -0.25) is 19.3 Å². The Morgan fingerprint density at radius 1 is 0.525 bits per heavy atom. The quantitative estimate of drug-likeness (QED) is 0.0636. The Labute approximate surface area is 456 Å². The van der Waals surface area contributed by atoms with Gasteiger partial charge >= 0.3 is 0 Å². The zero-order valence-corrected chi connectivity index (χ0v) is 43.2. The topological polar surface area (TPSA) is 188 Å². The number of amides is 2. The minimum atomic E-state index is -0.496. The number of benzene rings is 11. The van der Waals surface area contributed by atoms with Crippen LogP contribution >= 0.6 is 0 Å². The van der Waals surface area contributed by atoms with E-state index in [-0.39, 0.29) is 39.9 Å². The normalized spacial score (nSPS) is 12.3. The fourth-order valence-electron chi connectivity index (χ4n) is 11.8. The van der Waals surface area contributed by atoms with E-state index in [1.165, 1.54) is 4.90 Å². The maximum Gasteiger partial charge on any atom is 0.259 e. The van der Waals surface area contributed by atoms with E-state index < -0.39 is 5.91 Å². The first-order valence-electron chi connectivity index (χ1n) is 26.4. The summed E-state index contributed by atoms with van der Waals surface area (Å²) in [6, 6.07) is 57.0. The number of carbonyl (C=O) groups excluding carboxylic acids is 3. The molecule has 13 nitrogen and oxygen atoms in total. The lowest BCUT2D eigenvalue weighted by Gasteiger charge is -2.23. The standard InChI is InChI=1S/C67H46N8O5/c1-3-36-14-5-9-20-51(36)70-67(80)50-32-38-24-27-45-42-16-7-10-21-52(42)68-60(45)57(38)62(65(50)78)74-72-54-31-30-44-41-29-26-40(34-49(41)64(77)48-19-13-18-47(54)59(44)48)71-73-63-58-39(25-28-46-43-17-8-11-22-53(43)69-61(46)58)33-56(66(63)79)75(35-76)55-23-12-6-15-37(55)4-2/h5-35,68-69,78-79H,3-4H2,1-2H3,(H,70,80). The highest BCUT2D eigenvalue weighted by Gasteiger charge is 2.29. The molecule has 5 N–H and O–H groups in total. The van der Waals surface area contributed by atoms with E-state index in [1.807, 2.05) is 159 Å². The van der Waals surface area contributed by atoms with Crippen molar-refractivity contribution < 1.29 is 24.6 Å². The molecule has 0 saturated heterocycles. The first-order chi connectivity index (χ1) is 39.2. The number of nitrogens with zero attached hydrogens (tertiary/aromatic N) is 5. The molecule has 0 atom stereocenters. The van der Waals surface area contributed by atoms with Gasteiger partial charge in [-0.1, -0.05) is 141 Å². The Morgan fingerprint density at radius 3 is 1.85 bits per heavy atom. The van der Waals surface area contributed by atoms with E-state index in [4.69, 9.17) is 20.5 Å². The lowest BCUT2D eigenvalue weighted by atomic mass is 9.82. The maximum atomic E-state index is 14.8. The van der Waals surface area contributed by atoms with Gasteiger partial charge in [0.1, 0.15) is 11.4 Å². The van der Waals surface area contributed by atoms with Crippen molar-refractivity contribution in [2.75, 3.05) is 10.2 Å². The molecule has 2 aromatic heterocycles. The lowest BCUT2D eigenvalue weighted by molar-refractivity contribution is -0.106. The Bertz CT molecular complexity index is 4900. The van der Waals surface area contributed by atoms with Gasteiger partial charge in [0.05, 0.1) is 39.3 Å². The number of phenolic OH excluding ortho intramolecular Hbond substituents is 2. The van der Waals surface area contributed by atoms with E-state index in [0.717, 1.165) is 65.7 Å². The monoisotopic (exact) mass is 1040 g/mol. The van der Waals surface area contributed by atoms with Crippen LogP contribution in [0, 0.1) is 0 Å². The molecule has 2 heterocycles. The molecule has 0 fully saturated rings. The Morgan fingerprint density at radius 2 is 1.14 bits per heavy atom. The van der Waals surface area contributed by atoms with Gasteiger partial charge in [0.2, 0.25) is 6.41 Å². The van der Waals surface area contributed by atoms with Crippen molar-refractivity contribution in [1.29, 1.82) is 0 Å². The first kappa shape index (κ1) is 47.6. The van der Waals surface area contributed by atoms with E-state index in [2.05, 4.69) is 15.3 Å². The number of hydrogen-bond donors (Lipinski definition) is 5. The number of fused-ring (bicyclic) bond motifs is 12. The Balaban J connectivity index is 0.871. The van der Waals surface area contributed by atoms with Gasteiger partial charge in [-0.15, -0.1) is 15.3 Å². The third kappa shape index (κ3) is 7.42. The molecule has 0 aliphatic heterocycles. The zero-order chi connectivity index (χ0) is 54.3. The van der Waals surface area contributed by atoms with Crippen LogP contribution in [0.2, 0.25) is 0 Å². The number of aromatic amines is 2. The Hall–Kier alpha value is -10.8. The molecular weight excluding hydrogens is 997 g/mol. The Kier molecular flexibility index (Phi) is 11.2. The van der Waals surface area contributed by atoms with Crippen LogP contribution in [-0.2, 0) is 17.6 Å². The number of rotatable bonds is 11. The number of phenols is 2. The molecule has 0 saturated carbocycles. The largest absolute Gasteiger partial charge is 0.505 e. The molecule has 0 unspecified atom stereocenters. The number of hydrogen-bond acceptors (Lipinski definition) is 9. The van der Waals surface area contributed by atoms with Gasteiger partial charge in [0.15, 0.2) is 17.3 Å². The molecule has 13 aromatic rings. The summed E-state index contributed by atoms with van der Waals surface area (Å²) >= 11 is 0. The van der Waals surface area contributed by atoms with Crippen molar-refractivity contribution in [1.82, 2.24) is 9.97 Å². The second-order valence-corrected chi connectivity index (χ2v) is 20.0. The summed E-state index contributed by atoms with van der Waals surface area (Å²) in [5.41, 5.74) is 10.1. The van der Waals surface area contributed by atoms with Crippen LogP contribution < -0.4 is 10.2 Å². The molecule has 1 aliphatic carbocycles. The molecule has 384 valence electrons. The van der Waals surface area contributed by atoms with Crippen LogP contribution in [0.15, 0.2) is 202 Å². The number of carbonyl (C=O) groups is 3. The predicted molar refractivity (Wildman–Crippen MR) is 319 cm³/mol. The van der Waals surface area contributed by atoms with Gasteiger partial charge in [-0.25, -0.2) is 0 Å². The summed E-state index contributed by atoms with van der Waals surface area (Å²) in [6.45, 7) is 4.03. The minimum Gasteiger partial charge on any atom is -0.505 e. The van der Waals surface area contributed by atoms with E-state index in [1.54, 1.807) is 36.4 Å². The fraction of sp³-hybridized carbons (Fsp3) is 0.0597. The summed E-state index contributed by atoms with van der Waals surface area (Å²) in [4.78, 5) is 50.5. The first-order valence-corrected chi connectivity index (χ1v) is 26.4. The summed E-state index contributed by atoms with van der Waals surface area (Å²) < 4.78 is 0. The summed E-state index contributed by atoms with van der Waals surface area (Å²) in [6.07, 6.45) is 2.05. The molecule has 80 heavy (non-hydrogen) atoms. The van der Waals surface area contributed by atoms with Gasteiger partial charge < -0.3 is 25.5 Å². The zero-order valence-electron chi connectivity index (χ0n) is 43.2. The average molecular weight is 1040 g/mol. The third-order valence-electron chi connectivity index (χ3n) is 15.7. The van der Waals surface area contributed by atoms with Crippen molar-refractivity contribution in [3.05, 3.63) is 210 Å². The lowest BCUT2D eigenvalue weighted by Crippen LogP contribution is -2.16. The van der Waals surface area contributed by atoms with E-state index in [0.29, 0.717) is 85.6 Å². The van der Waals surface area contributed by atoms with E-state index >= 15 is 0 Å². The minimum absolute atomic E-state index is 0.0362. The summed E-state index contributed by atoms with van der Waals surface area (Å²) in [7, 11) is 0. The molecule has 11 aromatic carbocycles. The fourth-order valence-corrected chi connectivity index (χ4v) is 11.8. The second-order valence-electron chi connectivity index (χ2n) is 20.0. The van der Waals surface area contributed by atoms with Crippen LogP contribution in [0.25, 0.3) is 87.1 Å². The molecule has 14 rings (SSSR count). The van der Waals surface area contributed by atoms with Crippen LogP contribution in [0.3, 0.4) is 0 Å². The number of H-pyrrole nitrogens is 2. The van der Waals surface area contributed by atoms with Crippen LogP contribution in [0.1, 0.15) is 51.3 Å². The summed E-state index contributed by atoms with van der Waals surface area (Å²) in [5.74, 6) is -1.30. The molecule has 13 heteroatoms. The van der Waals surface area contributed by atoms with E-state index in [9.17, 15) is 24.6 Å². The average Bonchev–Trinajstić information content (AvgIpc) is 4.03. The van der Waals surface area contributed by atoms with Gasteiger partial charge in [0.25, 0.3) is 5.91 Å². The molecule has 0 radical (unpaired) electrons.